The normalized spacial score (nSPS) is 14.9. The van der Waals surface area contributed by atoms with E-state index < -0.39 is 19.9 Å². The minimum Gasteiger partial charge on any atom is -0.497 e. The first-order valence-corrected chi connectivity index (χ1v) is 14.9. The minimum atomic E-state index is -3.95. The Morgan fingerprint density at radius 1 is 0.946 bits per heavy atom. The number of anilines is 1. The Kier molecular flexibility index (Phi) is 7.00. The molecular formula is C27H28N2O6S2. The Hall–Kier alpha value is -3.50. The third-order valence-electron chi connectivity index (χ3n) is 6.04. The van der Waals surface area contributed by atoms with Gasteiger partial charge in [0.05, 0.1) is 34.6 Å². The third-order valence-corrected chi connectivity index (χ3v) is 8.56. The highest BCUT2D eigenvalue weighted by Crippen LogP contribution is 2.31. The number of fused-ring (bicyclic) bond motifs is 1. The maximum absolute atomic E-state index is 13.1. The molecule has 4 rings (SSSR count). The van der Waals surface area contributed by atoms with Gasteiger partial charge in [-0.2, -0.15) is 0 Å². The Labute approximate surface area is 217 Å². The van der Waals surface area contributed by atoms with Crippen LogP contribution in [0.2, 0.25) is 0 Å². The van der Waals surface area contributed by atoms with Crippen LogP contribution in [0.4, 0.5) is 5.69 Å². The van der Waals surface area contributed by atoms with Crippen molar-refractivity contribution in [2.24, 2.45) is 4.99 Å². The first kappa shape index (κ1) is 26.6. The lowest BCUT2D eigenvalue weighted by Gasteiger charge is -2.29. The minimum absolute atomic E-state index is 0.0290. The van der Waals surface area contributed by atoms with Gasteiger partial charge in [0.25, 0.3) is 10.0 Å². The number of sulfone groups is 1. The van der Waals surface area contributed by atoms with Crippen LogP contribution in [0.1, 0.15) is 41.8 Å². The van der Waals surface area contributed by atoms with Crippen molar-refractivity contribution < 1.29 is 26.4 Å². The molecule has 10 heteroatoms. The van der Waals surface area contributed by atoms with E-state index in [1.165, 1.54) is 36.4 Å². The summed E-state index contributed by atoms with van der Waals surface area (Å²) in [4.78, 5) is 17.9. The molecule has 0 atom stereocenters. The first-order chi connectivity index (χ1) is 17.3. The largest absolute Gasteiger partial charge is 0.497 e. The zero-order valence-corrected chi connectivity index (χ0v) is 22.6. The number of nitrogens with zero attached hydrogens (tertiary/aromatic N) is 1. The summed E-state index contributed by atoms with van der Waals surface area (Å²) in [5, 5.41) is 0. The number of hydrogen-bond acceptors (Lipinski definition) is 7. The number of carbonyl (C=O) groups is 1. The number of ketones is 1. The number of ether oxygens (including phenoxy) is 1. The van der Waals surface area contributed by atoms with Crippen molar-refractivity contribution in [1.82, 2.24) is 0 Å². The number of nitrogens with one attached hydrogen (secondary N) is 1. The molecule has 1 heterocycles. The van der Waals surface area contributed by atoms with E-state index in [1.807, 2.05) is 32.0 Å². The molecule has 0 spiro atoms. The maximum atomic E-state index is 13.1. The smallest absolute Gasteiger partial charge is 0.261 e. The second-order valence-corrected chi connectivity index (χ2v) is 13.3. The number of aliphatic imine (C=N–C) groups is 1. The quantitative estimate of drug-likeness (QED) is 0.426. The summed E-state index contributed by atoms with van der Waals surface area (Å²) < 4.78 is 56.5. The maximum Gasteiger partial charge on any atom is 0.261 e. The Morgan fingerprint density at radius 2 is 1.57 bits per heavy atom. The Balaban J connectivity index is 1.51. The molecule has 8 nitrogen and oxygen atoms in total. The van der Waals surface area contributed by atoms with E-state index in [1.54, 1.807) is 19.2 Å². The van der Waals surface area contributed by atoms with Crippen molar-refractivity contribution in [2.75, 3.05) is 18.1 Å². The summed E-state index contributed by atoms with van der Waals surface area (Å²) in [6.45, 7) is 4.06. The van der Waals surface area contributed by atoms with Gasteiger partial charge in [-0.25, -0.2) is 16.8 Å². The van der Waals surface area contributed by atoms with Gasteiger partial charge in [-0.1, -0.05) is 6.07 Å². The van der Waals surface area contributed by atoms with Gasteiger partial charge < -0.3 is 4.74 Å². The van der Waals surface area contributed by atoms with E-state index in [9.17, 15) is 21.6 Å². The number of sulfonamides is 1. The lowest BCUT2D eigenvalue weighted by molar-refractivity contribution is 0.100. The molecule has 0 unspecified atom stereocenters. The highest BCUT2D eigenvalue weighted by molar-refractivity contribution is 7.92. The molecule has 0 saturated heterocycles. The van der Waals surface area contributed by atoms with Gasteiger partial charge in [-0.3, -0.25) is 14.5 Å². The molecule has 3 aromatic rings. The van der Waals surface area contributed by atoms with Crippen LogP contribution in [0, 0.1) is 0 Å². The predicted molar refractivity (Wildman–Crippen MR) is 143 cm³/mol. The van der Waals surface area contributed by atoms with E-state index in [0.29, 0.717) is 17.0 Å². The molecule has 1 aliphatic heterocycles. The number of benzene rings is 3. The molecule has 0 bridgehead atoms. The number of methoxy groups -OCH3 is 1. The SMILES string of the molecule is COc1ccc2c(c1)C(CC(=O)c1ccc(NS(=O)(=O)c3ccc(S(C)(=O)=O)cc3)cc1)=NC(C)(C)C2. The molecule has 0 saturated carbocycles. The van der Waals surface area contributed by atoms with Gasteiger partial charge in [-0.15, -0.1) is 0 Å². The predicted octanol–water partition coefficient (Wildman–Crippen LogP) is 4.30. The van der Waals surface area contributed by atoms with Gasteiger partial charge in [0, 0.05) is 23.1 Å². The third kappa shape index (κ3) is 6.08. The summed E-state index contributed by atoms with van der Waals surface area (Å²) in [6.07, 6.45) is 1.91. The molecule has 1 N–H and O–H groups in total. The van der Waals surface area contributed by atoms with Crippen LogP contribution in [0.25, 0.3) is 0 Å². The van der Waals surface area contributed by atoms with E-state index in [2.05, 4.69) is 4.72 Å². The first-order valence-electron chi connectivity index (χ1n) is 11.5. The molecule has 0 radical (unpaired) electrons. The van der Waals surface area contributed by atoms with Crippen LogP contribution in [-0.4, -0.2) is 47.2 Å². The highest BCUT2D eigenvalue weighted by atomic mass is 32.2. The Bertz CT molecular complexity index is 1590. The average molecular weight is 541 g/mol. The van der Waals surface area contributed by atoms with Gasteiger partial charge in [0.2, 0.25) is 0 Å². The zero-order chi connectivity index (χ0) is 27.0. The molecular weight excluding hydrogens is 512 g/mol. The molecule has 0 aromatic heterocycles. The summed E-state index contributed by atoms with van der Waals surface area (Å²) in [7, 11) is -5.79. The number of Topliss-reactive ketones (excluding diaryl/α,β-unsaturated/α-hetero) is 1. The van der Waals surface area contributed by atoms with Crippen molar-refractivity contribution in [3.63, 3.8) is 0 Å². The van der Waals surface area contributed by atoms with Crippen molar-refractivity contribution in [3.05, 3.63) is 83.4 Å². The van der Waals surface area contributed by atoms with E-state index in [4.69, 9.17) is 9.73 Å². The summed E-state index contributed by atoms with van der Waals surface area (Å²) in [5.41, 5.74) is 3.07. The van der Waals surface area contributed by atoms with E-state index in [-0.39, 0.29) is 33.2 Å². The Morgan fingerprint density at radius 3 is 2.16 bits per heavy atom. The summed E-state index contributed by atoms with van der Waals surface area (Å²) in [5.74, 6) is 0.553. The van der Waals surface area contributed by atoms with Crippen LogP contribution in [0.3, 0.4) is 0 Å². The fourth-order valence-electron chi connectivity index (χ4n) is 4.23. The van der Waals surface area contributed by atoms with Gasteiger partial charge in [0.1, 0.15) is 5.75 Å². The van der Waals surface area contributed by atoms with Crippen LogP contribution < -0.4 is 9.46 Å². The highest BCUT2D eigenvalue weighted by Gasteiger charge is 2.28. The molecule has 37 heavy (non-hydrogen) atoms. The lowest BCUT2D eigenvalue weighted by atomic mass is 9.85. The van der Waals surface area contributed by atoms with Gasteiger partial charge in [0.15, 0.2) is 15.6 Å². The molecule has 1 aliphatic rings. The van der Waals surface area contributed by atoms with Gasteiger partial charge >= 0.3 is 0 Å². The van der Waals surface area contributed by atoms with Crippen molar-refractivity contribution >= 4 is 37.0 Å². The second kappa shape index (κ2) is 9.75. The zero-order valence-electron chi connectivity index (χ0n) is 21.0. The molecule has 0 amide bonds. The van der Waals surface area contributed by atoms with E-state index in [0.717, 1.165) is 23.8 Å². The topological polar surface area (TPSA) is 119 Å². The van der Waals surface area contributed by atoms with Gasteiger partial charge in [-0.05, 0) is 86.5 Å². The van der Waals surface area contributed by atoms with Crippen LogP contribution >= 0.6 is 0 Å². The monoisotopic (exact) mass is 540 g/mol. The molecule has 0 fully saturated rings. The number of hydrogen-bond donors (Lipinski definition) is 1. The van der Waals surface area contributed by atoms with Crippen molar-refractivity contribution in [3.8, 4) is 5.75 Å². The average Bonchev–Trinajstić information content (AvgIpc) is 2.83. The fourth-order valence-corrected chi connectivity index (χ4v) is 5.92. The van der Waals surface area contributed by atoms with Crippen LogP contribution in [-0.2, 0) is 26.3 Å². The fraction of sp³-hybridized carbons (Fsp3) is 0.259. The van der Waals surface area contributed by atoms with Crippen LogP contribution in [0.5, 0.6) is 5.75 Å². The number of rotatable bonds is 8. The summed E-state index contributed by atoms with van der Waals surface area (Å²) in [6, 6.07) is 16.9. The van der Waals surface area contributed by atoms with Crippen molar-refractivity contribution in [1.29, 1.82) is 0 Å². The van der Waals surface area contributed by atoms with Crippen molar-refractivity contribution in [2.45, 2.75) is 42.0 Å². The number of carbonyl (C=O) groups excluding carboxylic acids is 1. The second-order valence-electron chi connectivity index (χ2n) is 9.60. The lowest BCUT2D eigenvalue weighted by Crippen LogP contribution is -2.30. The van der Waals surface area contributed by atoms with E-state index >= 15 is 0 Å². The molecule has 0 aliphatic carbocycles. The molecule has 194 valence electrons. The molecule has 3 aromatic carbocycles. The standard InChI is InChI=1S/C27H28N2O6S2/c1-27(2)17-19-7-10-21(35-3)15-24(19)25(28-27)16-26(30)18-5-8-20(9-6-18)29-37(33,34)23-13-11-22(12-14-23)36(4,31)32/h5-15,29H,16-17H2,1-4H3. The summed E-state index contributed by atoms with van der Waals surface area (Å²) >= 11 is 0. The van der Waals surface area contributed by atoms with Crippen LogP contribution in [0.15, 0.2) is 81.5 Å².